The molecule has 2 aliphatic rings. The van der Waals surface area contributed by atoms with E-state index in [0.29, 0.717) is 11.2 Å². The highest BCUT2D eigenvalue weighted by Gasteiger charge is 2.58. The molecule has 2 fully saturated rings. The average molecular weight is 536 g/mol. The molecule has 3 aromatic rings. The standard InChI is InChI=1S/C27H41N5O4.ClH/c1-3-5-7-9-11-13-27(14-12-10-8-6-4-2)35-22-20(17-33)34-26(23(22)36-27)32-19-29-21-24-28-15-16-31(24)18-30-25(21)32;/h15-16,18-20,22-23,26,33H,3-14,17H2,1-2H3;1H/t20-,22-,23-,26-;/m1./s1. The summed E-state index contributed by atoms with van der Waals surface area (Å²) in [5, 5.41) is 10.2. The lowest BCUT2D eigenvalue weighted by Crippen LogP contribution is -2.36. The number of rotatable bonds is 14. The summed E-state index contributed by atoms with van der Waals surface area (Å²) in [5.74, 6) is -0.622. The van der Waals surface area contributed by atoms with E-state index in [9.17, 15) is 5.11 Å². The molecule has 0 spiro atoms. The van der Waals surface area contributed by atoms with Crippen LogP contribution in [-0.2, 0) is 14.2 Å². The van der Waals surface area contributed by atoms with Gasteiger partial charge in [-0.15, -0.1) is 12.4 Å². The van der Waals surface area contributed by atoms with Crippen LogP contribution in [0.1, 0.15) is 97.1 Å². The fourth-order valence-electron chi connectivity index (χ4n) is 5.76. The Morgan fingerprint density at radius 2 is 1.51 bits per heavy atom. The zero-order valence-electron chi connectivity index (χ0n) is 22.1. The topological polar surface area (TPSA) is 95.9 Å². The summed E-state index contributed by atoms with van der Waals surface area (Å²) in [6.45, 7) is 4.36. The van der Waals surface area contributed by atoms with Gasteiger partial charge in [-0.2, -0.15) is 0 Å². The third-order valence-electron chi connectivity index (χ3n) is 7.72. The number of nitrogens with zero attached hydrogens (tertiary/aromatic N) is 5. The molecule has 0 amide bonds. The van der Waals surface area contributed by atoms with E-state index in [0.717, 1.165) is 31.3 Å². The van der Waals surface area contributed by atoms with E-state index in [1.165, 1.54) is 51.4 Å². The lowest BCUT2D eigenvalue weighted by molar-refractivity contribution is -0.227. The zero-order chi connectivity index (χ0) is 25.0. The van der Waals surface area contributed by atoms with Crippen LogP contribution in [-0.4, -0.2) is 59.7 Å². The minimum absolute atomic E-state index is 0. The Morgan fingerprint density at radius 3 is 2.19 bits per heavy atom. The lowest BCUT2D eigenvalue weighted by atomic mass is 9.99. The predicted molar refractivity (Wildman–Crippen MR) is 144 cm³/mol. The molecule has 5 heterocycles. The highest BCUT2D eigenvalue weighted by molar-refractivity contribution is 5.85. The molecule has 4 atom stereocenters. The second kappa shape index (κ2) is 12.8. The molecular weight excluding hydrogens is 494 g/mol. The molecule has 3 aromatic heterocycles. The summed E-state index contributed by atoms with van der Waals surface area (Å²) in [5.41, 5.74) is 2.16. The fraction of sp³-hybridized carbons (Fsp3) is 0.741. The maximum Gasteiger partial charge on any atom is 0.169 e. The Kier molecular flexibility index (Phi) is 9.80. The van der Waals surface area contributed by atoms with Crippen molar-refractivity contribution in [1.82, 2.24) is 23.9 Å². The maximum atomic E-state index is 10.2. The first-order chi connectivity index (χ1) is 17.7. The van der Waals surface area contributed by atoms with Crippen LogP contribution in [0.4, 0.5) is 0 Å². The van der Waals surface area contributed by atoms with Gasteiger partial charge in [0.2, 0.25) is 0 Å². The van der Waals surface area contributed by atoms with Crippen LogP contribution in [0, 0.1) is 0 Å². The first kappa shape index (κ1) is 28.2. The number of unbranched alkanes of at least 4 members (excludes halogenated alkanes) is 8. The number of ether oxygens (including phenoxy) is 3. The largest absolute Gasteiger partial charge is 0.394 e. The molecule has 0 aliphatic carbocycles. The van der Waals surface area contributed by atoms with Gasteiger partial charge in [-0.05, 0) is 12.8 Å². The summed E-state index contributed by atoms with van der Waals surface area (Å²) >= 11 is 0. The number of aliphatic hydroxyl groups is 1. The van der Waals surface area contributed by atoms with Gasteiger partial charge in [0.25, 0.3) is 0 Å². The Bertz CT molecular complexity index is 1110. The smallest absolute Gasteiger partial charge is 0.169 e. The van der Waals surface area contributed by atoms with Gasteiger partial charge < -0.3 is 19.3 Å². The molecule has 0 bridgehead atoms. The van der Waals surface area contributed by atoms with Crippen molar-refractivity contribution in [2.24, 2.45) is 0 Å². The highest BCUT2D eigenvalue weighted by Crippen LogP contribution is 2.47. The van der Waals surface area contributed by atoms with Crippen molar-refractivity contribution < 1.29 is 19.3 Å². The molecule has 10 heteroatoms. The summed E-state index contributed by atoms with van der Waals surface area (Å²) in [4.78, 5) is 13.7. The highest BCUT2D eigenvalue weighted by atomic mass is 35.5. The van der Waals surface area contributed by atoms with E-state index in [1.54, 1.807) is 18.9 Å². The monoisotopic (exact) mass is 535 g/mol. The van der Waals surface area contributed by atoms with Crippen molar-refractivity contribution in [3.63, 3.8) is 0 Å². The Balaban J connectivity index is 0.00000320. The van der Waals surface area contributed by atoms with Crippen LogP contribution in [0.25, 0.3) is 16.8 Å². The van der Waals surface area contributed by atoms with Gasteiger partial charge >= 0.3 is 0 Å². The van der Waals surface area contributed by atoms with E-state index in [2.05, 4.69) is 28.8 Å². The van der Waals surface area contributed by atoms with Gasteiger partial charge in [-0.25, -0.2) is 15.0 Å². The second-order valence-corrected chi connectivity index (χ2v) is 10.4. The summed E-state index contributed by atoms with van der Waals surface area (Å²) in [6, 6.07) is 0. The van der Waals surface area contributed by atoms with Gasteiger partial charge in [0.15, 0.2) is 28.8 Å². The molecule has 0 saturated carbocycles. The average Bonchev–Trinajstić information content (AvgIpc) is 3.65. The molecule has 0 radical (unpaired) electrons. The molecule has 1 N–H and O–H groups in total. The SMILES string of the molecule is CCCCCCCC1(CCCCCCC)O[C@@H]2[C@H](O1)[C@@H](CO)O[C@H]2n1cnc2c1ncn1ccnc21.Cl. The molecule has 37 heavy (non-hydrogen) atoms. The summed E-state index contributed by atoms with van der Waals surface area (Å²) < 4.78 is 23.6. The lowest BCUT2D eigenvalue weighted by Gasteiger charge is -2.31. The molecule has 0 aromatic carbocycles. The van der Waals surface area contributed by atoms with Crippen molar-refractivity contribution in [3.8, 4) is 0 Å². The minimum atomic E-state index is -0.622. The van der Waals surface area contributed by atoms with E-state index in [1.807, 2.05) is 15.2 Å². The van der Waals surface area contributed by atoms with Crippen LogP contribution < -0.4 is 0 Å². The molecule has 0 unspecified atom stereocenters. The van der Waals surface area contributed by atoms with Crippen molar-refractivity contribution in [1.29, 1.82) is 0 Å². The number of aliphatic hydroxyl groups excluding tert-OH is 1. The van der Waals surface area contributed by atoms with Gasteiger partial charge in [0, 0.05) is 25.2 Å². The molecule has 2 aliphatic heterocycles. The Hall–Kier alpha value is -1.78. The van der Waals surface area contributed by atoms with E-state index in [-0.39, 0.29) is 31.2 Å². The Labute approximate surface area is 225 Å². The van der Waals surface area contributed by atoms with E-state index >= 15 is 0 Å². The number of hydrogen-bond donors (Lipinski definition) is 1. The first-order valence-electron chi connectivity index (χ1n) is 14.0. The van der Waals surface area contributed by atoms with E-state index in [4.69, 9.17) is 14.2 Å². The fourth-order valence-corrected chi connectivity index (χ4v) is 5.76. The van der Waals surface area contributed by atoms with Crippen LogP contribution in [0.2, 0.25) is 0 Å². The Morgan fingerprint density at radius 1 is 0.838 bits per heavy atom. The van der Waals surface area contributed by atoms with Gasteiger partial charge in [-0.3, -0.25) is 8.97 Å². The number of imidazole rings is 2. The number of hydrogen-bond acceptors (Lipinski definition) is 7. The summed E-state index contributed by atoms with van der Waals surface area (Å²) in [7, 11) is 0. The second-order valence-electron chi connectivity index (χ2n) is 10.4. The van der Waals surface area contributed by atoms with Crippen LogP contribution in [0.3, 0.4) is 0 Å². The van der Waals surface area contributed by atoms with Crippen LogP contribution >= 0.6 is 12.4 Å². The van der Waals surface area contributed by atoms with Crippen LogP contribution in [0.15, 0.2) is 25.0 Å². The zero-order valence-corrected chi connectivity index (χ0v) is 22.9. The third kappa shape index (κ3) is 5.81. The molecule has 5 rings (SSSR count). The third-order valence-corrected chi connectivity index (χ3v) is 7.72. The van der Waals surface area contributed by atoms with Gasteiger partial charge in [0.05, 0.1) is 12.9 Å². The van der Waals surface area contributed by atoms with Crippen molar-refractivity contribution >= 4 is 29.2 Å². The first-order valence-corrected chi connectivity index (χ1v) is 14.0. The van der Waals surface area contributed by atoms with Crippen molar-refractivity contribution in [3.05, 3.63) is 25.0 Å². The van der Waals surface area contributed by atoms with Crippen molar-refractivity contribution in [2.45, 2.75) is 121 Å². The van der Waals surface area contributed by atoms with Gasteiger partial charge in [-0.1, -0.05) is 65.2 Å². The number of aromatic nitrogens is 5. The minimum Gasteiger partial charge on any atom is -0.394 e. The molecule has 206 valence electrons. The molecule has 9 nitrogen and oxygen atoms in total. The quantitative estimate of drug-likeness (QED) is 0.269. The predicted octanol–water partition coefficient (Wildman–Crippen LogP) is 5.59. The molecule has 2 saturated heterocycles. The normalized spacial score (nSPS) is 24.6. The van der Waals surface area contributed by atoms with E-state index < -0.39 is 18.1 Å². The summed E-state index contributed by atoms with van der Waals surface area (Å²) in [6.07, 6.45) is 19.3. The molecular formula is C27H42ClN5O4. The van der Waals surface area contributed by atoms with Crippen LogP contribution in [0.5, 0.6) is 0 Å². The van der Waals surface area contributed by atoms with Gasteiger partial charge in [0.1, 0.15) is 24.6 Å². The number of fused-ring (bicyclic) bond motifs is 4. The van der Waals surface area contributed by atoms with Crippen molar-refractivity contribution in [2.75, 3.05) is 6.61 Å². The number of halogens is 1. The maximum absolute atomic E-state index is 10.2.